The van der Waals surface area contributed by atoms with Crippen LogP contribution in [0.3, 0.4) is 0 Å². The Kier molecular flexibility index (Phi) is 7.87. The van der Waals surface area contributed by atoms with Gasteiger partial charge in [0, 0.05) is 17.6 Å². The van der Waals surface area contributed by atoms with Crippen LogP contribution in [-0.4, -0.2) is 23.9 Å². The Balaban J connectivity index is 1.27. The van der Waals surface area contributed by atoms with Crippen molar-refractivity contribution < 1.29 is 9.59 Å². The van der Waals surface area contributed by atoms with E-state index in [1.54, 1.807) is 24.3 Å². The van der Waals surface area contributed by atoms with Crippen LogP contribution in [0, 0.1) is 11.8 Å². The maximum Gasteiger partial charge on any atom is 0.265 e. The highest BCUT2D eigenvalue weighted by Crippen LogP contribution is 2.35. The molecule has 5 nitrogen and oxygen atoms in total. The van der Waals surface area contributed by atoms with Crippen molar-refractivity contribution in [2.45, 2.75) is 69.9 Å². The smallest absolute Gasteiger partial charge is 0.265 e. The standard InChI is InChI=1S/C25H32ClN3O2S/c26-21-12-7-18(15-22(21)29-25(31)23-2-1-13-32-23)24(30)28-20-10-5-17(6-11-20)14-16-3-8-19(27)9-4-16/h1-2,7,12-13,15-17,19-20H,3-6,8-11,14,27H2,(H,28,30)(H,29,31). The molecule has 1 heterocycles. The summed E-state index contributed by atoms with van der Waals surface area (Å²) in [5.74, 6) is 1.27. The van der Waals surface area contributed by atoms with E-state index in [1.807, 2.05) is 11.4 Å². The van der Waals surface area contributed by atoms with Gasteiger partial charge in [0.25, 0.3) is 11.8 Å². The zero-order chi connectivity index (χ0) is 22.5. The molecule has 1 aromatic heterocycles. The van der Waals surface area contributed by atoms with Crippen molar-refractivity contribution in [3.63, 3.8) is 0 Å². The lowest BCUT2D eigenvalue weighted by Gasteiger charge is -2.33. The average Bonchev–Trinajstić information content (AvgIpc) is 3.33. The summed E-state index contributed by atoms with van der Waals surface area (Å²) in [6.45, 7) is 0. The van der Waals surface area contributed by atoms with E-state index in [2.05, 4.69) is 10.6 Å². The average molecular weight is 474 g/mol. The van der Waals surface area contributed by atoms with Crippen molar-refractivity contribution in [2.24, 2.45) is 17.6 Å². The van der Waals surface area contributed by atoms with Gasteiger partial charge in [0.1, 0.15) is 0 Å². The molecule has 0 saturated heterocycles. The highest BCUT2D eigenvalue weighted by atomic mass is 35.5. The Bertz CT molecular complexity index is 917. The first-order valence-electron chi connectivity index (χ1n) is 11.7. The van der Waals surface area contributed by atoms with Gasteiger partial charge in [-0.1, -0.05) is 17.7 Å². The maximum atomic E-state index is 12.8. The molecule has 4 rings (SSSR count). The van der Waals surface area contributed by atoms with E-state index in [1.165, 1.54) is 56.3 Å². The number of nitrogens with two attached hydrogens (primary N) is 1. The van der Waals surface area contributed by atoms with Crippen LogP contribution in [0.2, 0.25) is 5.02 Å². The van der Waals surface area contributed by atoms with Gasteiger partial charge in [0.2, 0.25) is 0 Å². The van der Waals surface area contributed by atoms with Crippen molar-refractivity contribution in [1.29, 1.82) is 0 Å². The van der Waals surface area contributed by atoms with Crippen LogP contribution in [0.1, 0.15) is 77.8 Å². The normalized spacial score (nSPS) is 25.8. The zero-order valence-electron chi connectivity index (χ0n) is 18.3. The van der Waals surface area contributed by atoms with Crippen LogP contribution in [0.5, 0.6) is 0 Å². The molecule has 172 valence electrons. The van der Waals surface area contributed by atoms with E-state index in [0.29, 0.717) is 27.2 Å². The molecular weight excluding hydrogens is 442 g/mol. The first kappa shape index (κ1) is 23.3. The van der Waals surface area contributed by atoms with E-state index < -0.39 is 0 Å². The van der Waals surface area contributed by atoms with Crippen molar-refractivity contribution in [3.8, 4) is 0 Å². The third-order valence-electron chi connectivity index (χ3n) is 6.96. The Labute approximate surface area is 199 Å². The van der Waals surface area contributed by atoms with Gasteiger partial charge in [-0.05, 0) is 99.3 Å². The summed E-state index contributed by atoms with van der Waals surface area (Å²) in [6, 6.07) is 9.22. The topological polar surface area (TPSA) is 84.2 Å². The minimum atomic E-state index is -0.224. The maximum absolute atomic E-state index is 12.8. The quantitative estimate of drug-likeness (QED) is 0.492. The lowest BCUT2D eigenvalue weighted by atomic mass is 9.76. The first-order valence-corrected chi connectivity index (χ1v) is 12.9. The molecular formula is C25H32ClN3O2S. The Morgan fingerprint density at radius 3 is 2.31 bits per heavy atom. The van der Waals surface area contributed by atoms with Crippen molar-refractivity contribution >= 4 is 40.4 Å². The summed E-state index contributed by atoms with van der Waals surface area (Å²) in [6.07, 6.45) is 10.6. The van der Waals surface area contributed by atoms with Crippen LogP contribution < -0.4 is 16.4 Å². The van der Waals surface area contributed by atoms with Gasteiger partial charge >= 0.3 is 0 Å². The third kappa shape index (κ3) is 6.12. The second-order valence-electron chi connectivity index (χ2n) is 9.33. The number of carbonyl (C=O) groups is 2. The van der Waals surface area contributed by atoms with E-state index in [-0.39, 0.29) is 17.9 Å². The van der Waals surface area contributed by atoms with Crippen LogP contribution in [-0.2, 0) is 0 Å². The molecule has 2 saturated carbocycles. The van der Waals surface area contributed by atoms with Crippen molar-refractivity contribution in [2.75, 3.05) is 5.32 Å². The minimum absolute atomic E-state index is 0.113. The van der Waals surface area contributed by atoms with E-state index in [0.717, 1.165) is 24.7 Å². The molecule has 2 amide bonds. The highest BCUT2D eigenvalue weighted by molar-refractivity contribution is 7.12. The predicted molar refractivity (Wildman–Crippen MR) is 131 cm³/mol. The number of carbonyl (C=O) groups excluding carboxylic acids is 2. The van der Waals surface area contributed by atoms with Crippen molar-refractivity contribution in [3.05, 3.63) is 51.2 Å². The molecule has 2 fully saturated rings. The second kappa shape index (κ2) is 10.8. The number of hydrogen-bond acceptors (Lipinski definition) is 4. The largest absolute Gasteiger partial charge is 0.349 e. The SMILES string of the molecule is NC1CCC(CC2CCC(NC(=O)c3ccc(Cl)c(NC(=O)c4cccs4)c3)CC2)CC1. The van der Waals surface area contributed by atoms with Crippen molar-refractivity contribution in [1.82, 2.24) is 5.32 Å². The Morgan fingerprint density at radius 1 is 0.969 bits per heavy atom. The fourth-order valence-corrected chi connectivity index (χ4v) is 5.84. The van der Waals surface area contributed by atoms with Gasteiger partial charge in [0.05, 0.1) is 15.6 Å². The molecule has 7 heteroatoms. The summed E-state index contributed by atoms with van der Waals surface area (Å²) >= 11 is 7.61. The third-order valence-corrected chi connectivity index (χ3v) is 8.16. The number of thiophene rings is 1. The summed E-state index contributed by atoms with van der Waals surface area (Å²) in [4.78, 5) is 25.8. The van der Waals surface area contributed by atoms with E-state index >= 15 is 0 Å². The molecule has 0 radical (unpaired) electrons. The summed E-state index contributed by atoms with van der Waals surface area (Å²) in [5, 5.41) is 8.25. The molecule has 2 aromatic rings. The molecule has 2 aliphatic carbocycles. The molecule has 2 aliphatic rings. The summed E-state index contributed by atoms with van der Waals surface area (Å²) in [7, 11) is 0. The highest BCUT2D eigenvalue weighted by Gasteiger charge is 2.27. The molecule has 4 N–H and O–H groups in total. The van der Waals surface area contributed by atoms with Gasteiger partial charge in [-0.2, -0.15) is 0 Å². The number of halogens is 1. The number of hydrogen-bond donors (Lipinski definition) is 3. The fourth-order valence-electron chi connectivity index (χ4n) is 5.06. The van der Waals surface area contributed by atoms with Gasteiger partial charge in [0.15, 0.2) is 0 Å². The number of amides is 2. The molecule has 0 bridgehead atoms. The van der Waals surface area contributed by atoms with Crippen LogP contribution in [0.25, 0.3) is 0 Å². The molecule has 32 heavy (non-hydrogen) atoms. The lowest BCUT2D eigenvalue weighted by molar-refractivity contribution is 0.0917. The minimum Gasteiger partial charge on any atom is -0.349 e. The lowest BCUT2D eigenvalue weighted by Crippen LogP contribution is -2.38. The Morgan fingerprint density at radius 2 is 1.66 bits per heavy atom. The summed E-state index contributed by atoms with van der Waals surface area (Å²) in [5.41, 5.74) is 7.00. The number of benzene rings is 1. The summed E-state index contributed by atoms with van der Waals surface area (Å²) < 4.78 is 0. The van der Waals surface area contributed by atoms with Crippen LogP contribution in [0.15, 0.2) is 35.7 Å². The monoisotopic (exact) mass is 473 g/mol. The zero-order valence-corrected chi connectivity index (χ0v) is 19.9. The van der Waals surface area contributed by atoms with Gasteiger partial charge < -0.3 is 16.4 Å². The van der Waals surface area contributed by atoms with Gasteiger partial charge in [-0.3, -0.25) is 9.59 Å². The van der Waals surface area contributed by atoms with E-state index in [4.69, 9.17) is 17.3 Å². The Hall–Kier alpha value is -1.89. The second-order valence-corrected chi connectivity index (χ2v) is 10.7. The number of nitrogens with one attached hydrogen (secondary N) is 2. The van der Waals surface area contributed by atoms with Gasteiger partial charge in [-0.25, -0.2) is 0 Å². The van der Waals surface area contributed by atoms with Gasteiger partial charge in [-0.15, -0.1) is 11.3 Å². The molecule has 1 aromatic carbocycles. The van der Waals surface area contributed by atoms with Crippen LogP contribution in [0.4, 0.5) is 5.69 Å². The molecule has 0 atom stereocenters. The predicted octanol–water partition coefficient (Wildman–Crippen LogP) is 5.85. The number of rotatable bonds is 6. The first-order chi connectivity index (χ1) is 15.5. The van der Waals surface area contributed by atoms with Crippen LogP contribution >= 0.6 is 22.9 Å². The molecule has 0 unspecified atom stereocenters. The van der Waals surface area contributed by atoms with E-state index in [9.17, 15) is 9.59 Å². The number of anilines is 1. The molecule has 0 spiro atoms. The molecule has 0 aliphatic heterocycles. The fraction of sp³-hybridized carbons (Fsp3) is 0.520.